The second-order valence-corrected chi connectivity index (χ2v) is 4.52. The van der Waals surface area contributed by atoms with Crippen LogP contribution < -0.4 is 0 Å². The fraction of sp³-hybridized carbons (Fsp3) is 0.111. The lowest BCUT2D eigenvalue weighted by atomic mass is 10.0. The fourth-order valence-electron chi connectivity index (χ4n) is 1.90. The maximum absolute atomic E-state index is 3.86. The van der Waals surface area contributed by atoms with Gasteiger partial charge in [0.05, 0.1) is 0 Å². The van der Waals surface area contributed by atoms with Crippen LogP contribution in [0.15, 0.2) is 78.9 Å². The average molecular weight is 234 g/mol. The highest BCUT2D eigenvalue weighted by atomic mass is 14.0. The van der Waals surface area contributed by atoms with Crippen LogP contribution in [0.1, 0.15) is 12.5 Å². The van der Waals surface area contributed by atoms with Crippen molar-refractivity contribution in [1.29, 1.82) is 0 Å². The summed E-state index contributed by atoms with van der Waals surface area (Å²) >= 11 is 0. The first-order valence-corrected chi connectivity index (χ1v) is 6.22. The fourth-order valence-corrected chi connectivity index (χ4v) is 1.90. The van der Waals surface area contributed by atoms with Gasteiger partial charge in [-0.15, -0.1) is 0 Å². The molecule has 0 aliphatic rings. The quantitative estimate of drug-likeness (QED) is 0.651. The maximum atomic E-state index is 3.86. The topological polar surface area (TPSA) is 0 Å². The molecule has 0 aliphatic carbocycles. The Hall–Kier alpha value is -2.08. The molecule has 0 aliphatic heterocycles. The van der Waals surface area contributed by atoms with Crippen LogP contribution in [-0.4, -0.2) is 0 Å². The summed E-state index contributed by atoms with van der Waals surface area (Å²) in [5.41, 5.74) is 4.96. The van der Waals surface area contributed by atoms with Crippen molar-refractivity contribution in [3.05, 3.63) is 84.5 Å². The summed E-state index contributed by atoms with van der Waals surface area (Å²) in [5, 5.41) is 0. The molecule has 2 rings (SSSR count). The van der Waals surface area contributed by atoms with E-state index in [-0.39, 0.29) is 0 Å². The van der Waals surface area contributed by atoms with Gasteiger partial charge in [0.2, 0.25) is 0 Å². The third kappa shape index (κ3) is 3.46. The zero-order valence-electron chi connectivity index (χ0n) is 10.8. The Bertz CT molecular complexity index is 547. The van der Waals surface area contributed by atoms with Gasteiger partial charge in [-0.25, -0.2) is 0 Å². The van der Waals surface area contributed by atoms with Crippen LogP contribution >= 0.6 is 0 Å². The molecule has 0 spiro atoms. The highest BCUT2D eigenvalue weighted by molar-refractivity contribution is 5.64. The summed E-state index contributed by atoms with van der Waals surface area (Å²) in [6.07, 6.45) is 5.18. The molecule has 18 heavy (non-hydrogen) atoms. The molecular formula is C18H18. The summed E-state index contributed by atoms with van der Waals surface area (Å²) in [7, 11) is 0. The number of hydrogen-bond donors (Lipinski definition) is 0. The van der Waals surface area contributed by atoms with Crippen LogP contribution in [0.25, 0.3) is 11.1 Å². The second kappa shape index (κ2) is 6.02. The lowest BCUT2D eigenvalue weighted by Gasteiger charge is -2.03. The van der Waals surface area contributed by atoms with Crippen LogP contribution in [0.5, 0.6) is 0 Å². The zero-order valence-corrected chi connectivity index (χ0v) is 10.8. The first-order chi connectivity index (χ1) is 8.75. The highest BCUT2D eigenvalue weighted by Gasteiger charge is 1.97. The third-order valence-electron chi connectivity index (χ3n) is 2.79. The minimum atomic E-state index is 0.952. The lowest BCUT2D eigenvalue weighted by Crippen LogP contribution is -1.83. The smallest absolute Gasteiger partial charge is 0.00940 e. The molecule has 0 radical (unpaired) electrons. The van der Waals surface area contributed by atoms with Gasteiger partial charge in [-0.1, -0.05) is 78.9 Å². The standard InChI is InChI=1S/C18H18/c1-15(2)8-6-9-16-10-7-13-18(14-16)17-11-4-3-5-12-17/h3-8,10-14H,1,9H2,2H3/b8-6-. The molecular weight excluding hydrogens is 216 g/mol. The minimum absolute atomic E-state index is 0.952. The van der Waals surface area contributed by atoms with E-state index in [1.54, 1.807) is 0 Å². The van der Waals surface area contributed by atoms with E-state index in [9.17, 15) is 0 Å². The van der Waals surface area contributed by atoms with Crippen molar-refractivity contribution in [2.24, 2.45) is 0 Å². The molecule has 0 fully saturated rings. The van der Waals surface area contributed by atoms with Crippen LogP contribution in [-0.2, 0) is 6.42 Å². The van der Waals surface area contributed by atoms with Gasteiger partial charge in [0.1, 0.15) is 0 Å². The van der Waals surface area contributed by atoms with E-state index in [4.69, 9.17) is 0 Å². The van der Waals surface area contributed by atoms with E-state index >= 15 is 0 Å². The zero-order chi connectivity index (χ0) is 12.8. The monoisotopic (exact) mass is 234 g/mol. The largest absolute Gasteiger partial charge is 0.0961 e. The van der Waals surface area contributed by atoms with Gasteiger partial charge in [0.25, 0.3) is 0 Å². The predicted octanol–water partition coefficient (Wildman–Crippen LogP) is 5.03. The number of rotatable bonds is 4. The molecule has 0 unspecified atom stereocenters. The summed E-state index contributed by atoms with van der Waals surface area (Å²) in [5.74, 6) is 0. The Morgan fingerprint density at radius 1 is 1.00 bits per heavy atom. The summed E-state index contributed by atoms with van der Waals surface area (Å²) in [4.78, 5) is 0. The van der Waals surface area contributed by atoms with E-state index in [1.807, 2.05) is 13.0 Å². The van der Waals surface area contributed by atoms with E-state index < -0.39 is 0 Å². The van der Waals surface area contributed by atoms with Gasteiger partial charge < -0.3 is 0 Å². The van der Waals surface area contributed by atoms with Gasteiger partial charge in [-0.05, 0) is 30.0 Å². The van der Waals surface area contributed by atoms with Crippen LogP contribution in [0, 0.1) is 0 Å². The predicted molar refractivity (Wildman–Crippen MR) is 79.5 cm³/mol. The normalized spacial score (nSPS) is 10.7. The van der Waals surface area contributed by atoms with Gasteiger partial charge in [0.15, 0.2) is 0 Å². The van der Waals surface area contributed by atoms with Crippen molar-refractivity contribution < 1.29 is 0 Å². The molecule has 0 saturated carbocycles. The third-order valence-corrected chi connectivity index (χ3v) is 2.79. The SMILES string of the molecule is C=C(C)/C=C\Cc1cccc(-c2ccccc2)c1. The first kappa shape index (κ1) is 12.4. The number of hydrogen-bond acceptors (Lipinski definition) is 0. The Morgan fingerprint density at radius 2 is 1.72 bits per heavy atom. The van der Waals surface area contributed by atoms with Crippen molar-refractivity contribution in [3.8, 4) is 11.1 Å². The van der Waals surface area contributed by atoms with Crippen molar-refractivity contribution >= 4 is 0 Å². The molecule has 0 N–H and O–H groups in total. The van der Waals surface area contributed by atoms with E-state index in [0.29, 0.717) is 0 Å². The van der Waals surface area contributed by atoms with Crippen LogP contribution in [0.3, 0.4) is 0 Å². The average Bonchev–Trinajstić information content (AvgIpc) is 2.40. The molecule has 0 aromatic heterocycles. The molecule has 0 heterocycles. The van der Waals surface area contributed by atoms with Crippen LogP contribution in [0.2, 0.25) is 0 Å². The highest BCUT2D eigenvalue weighted by Crippen LogP contribution is 2.20. The Kier molecular flexibility index (Phi) is 4.14. The van der Waals surface area contributed by atoms with E-state index in [0.717, 1.165) is 12.0 Å². The molecule has 2 aromatic carbocycles. The minimum Gasteiger partial charge on any atom is -0.0961 e. The Morgan fingerprint density at radius 3 is 2.44 bits per heavy atom. The molecule has 0 amide bonds. The van der Waals surface area contributed by atoms with Gasteiger partial charge in [-0.3, -0.25) is 0 Å². The second-order valence-electron chi connectivity index (χ2n) is 4.52. The van der Waals surface area contributed by atoms with Gasteiger partial charge in [-0.2, -0.15) is 0 Å². The Labute approximate surface area is 109 Å². The summed E-state index contributed by atoms with van der Waals surface area (Å²) in [6, 6.07) is 19.2. The van der Waals surface area contributed by atoms with Crippen molar-refractivity contribution in [2.45, 2.75) is 13.3 Å². The van der Waals surface area contributed by atoms with Crippen molar-refractivity contribution in [2.75, 3.05) is 0 Å². The van der Waals surface area contributed by atoms with E-state index in [2.05, 4.69) is 67.3 Å². The molecule has 0 bridgehead atoms. The molecule has 0 heteroatoms. The molecule has 2 aromatic rings. The molecule has 0 saturated heterocycles. The maximum Gasteiger partial charge on any atom is -0.00940 e. The number of allylic oxidation sites excluding steroid dienone is 3. The lowest BCUT2D eigenvalue weighted by molar-refractivity contribution is 1.26. The molecule has 0 nitrogen and oxygen atoms in total. The molecule has 90 valence electrons. The van der Waals surface area contributed by atoms with E-state index in [1.165, 1.54) is 16.7 Å². The Balaban J connectivity index is 2.18. The molecule has 0 atom stereocenters. The van der Waals surface area contributed by atoms with Crippen LogP contribution in [0.4, 0.5) is 0 Å². The van der Waals surface area contributed by atoms with Crippen molar-refractivity contribution in [1.82, 2.24) is 0 Å². The number of benzene rings is 2. The summed E-state index contributed by atoms with van der Waals surface area (Å²) in [6.45, 7) is 5.88. The van der Waals surface area contributed by atoms with Crippen molar-refractivity contribution in [3.63, 3.8) is 0 Å². The first-order valence-electron chi connectivity index (χ1n) is 6.22. The van der Waals surface area contributed by atoms with Gasteiger partial charge in [0, 0.05) is 0 Å². The summed E-state index contributed by atoms with van der Waals surface area (Å²) < 4.78 is 0. The van der Waals surface area contributed by atoms with Gasteiger partial charge >= 0.3 is 0 Å².